The number of thioether (sulfide) groups is 1. The molecule has 0 radical (unpaired) electrons. The van der Waals surface area contributed by atoms with Crippen LogP contribution in [0.15, 0.2) is 73.1 Å². The SMILES string of the molecule is CN(N)/C=C\N.O=C1CSCCCN1.c1ccc(Oc2ccccc2)cc1. The number of amides is 1. The standard InChI is InChI=1S/C12H10O.C5H9NOS.C3H9N3/c1-3-7-11(8-4-1)13-12-9-5-2-6-10-12;7-5-4-8-3-1-2-6-5;1-6(5)3-2-4/h1-10H;1-4H2,(H,6,7);2-3H,4-5H2,1H3/b;;3-2-. The molecule has 0 aliphatic carbocycles. The number of ether oxygens (including phenoxy) is 1. The Morgan fingerprint density at radius 3 is 2.07 bits per heavy atom. The number of hydrazine groups is 1. The van der Waals surface area contributed by atoms with E-state index in [0.717, 1.165) is 30.2 Å². The molecule has 1 fully saturated rings. The fraction of sp³-hybridized carbons (Fsp3) is 0.250. The van der Waals surface area contributed by atoms with Crippen molar-refractivity contribution >= 4 is 17.7 Å². The lowest BCUT2D eigenvalue weighted by atomic mass is 10.3. The van der Waals surface area contributed by atoms with Crippen molar-refractivity contribution in [2.45, 2.75) is 6.42 Å². The summed E-state index contributed by atoms with van der Waals surface area (Å²) in [6, 6.07) is 19.5. The lowest BCUT2D eigenvalue weighted by Crippen LogP contribution is -2.23. The highest BCUT2D eigenvalue weighted by Gasteiger charge is 2.03. The van der Waals surface area contributed by atoms with E-state index in [1.54, 1.807) is 25.0 Å². The van der Waals surface area contributed by atoms with Crippen molar-refractivity contribution in [2.24, 2.45) is 11.6 Å². The Bertz CT molecular complexity index is 604. The van der Waals surface area contributed by atoms with Crippen LogP contribution in [0.5, 0.6) is 11.5 Å². The van der Waals surface area contributed by atoms with Gasteiger partial charge in [-0.3, -0.25) is 4.79 Å². The summed E-state index contributed by atoms with van der Waals surface area (Å²) in [5, 5.41) is 4.16. The van der Waals surface area contributed by atoms with Crippen molar-refractivity contribution in [1.29, 1.82) is 0 Å². The van der Waals surface area contributed by atoms with Crippen LogP contribution in [0.3, 0.4) is 0 Å². The molecule has 1 aliphatic heterocycles. The maximum Gasteiger partial charge on any atom is 0.229 e. The number of para-hydroxylation sites is 2. The number of benzene rings is 2. The molecule has 0 atom stereocenters. The second-order valence-corrected chi connectivity index (χ2v) is 6.60. The predicted octanol–water partition coefficient (Wildman–Crippen LogP) is 2.94. The molecule has 6 nitrogen and oxygen atoms in total. The minimum absolute atomic E-state index is 0.188. The molecule has 7 heteroatoms. The molecule has 0 unspecified atom stereocenters. The highest BCUT2D eigenvalue weighted by atomic mass is 32.2. The van der Waals surface area contributed by atoms with E-state index in [0.29, 0.717) is 5.75 Å². The first-order valence-electron chi connectivity index (χ1n) is 8.60. The van der Waals surface area contributed by atoms with Crippen LogP contribution in [-0.2, 0) is 4.79 Å². The maximum atomic E-state index is 10.6. The number of carbonyl (C=O) groups is 1. The van der Waals surface area contributed by atoms with E-state index in [1.165, 1.54) is 11.2 Å². The third-order valence-corrected chi connectivity index (χ3v) is 4.11. The number of hydrogen-bond donors (Lipinski definition) is 3. The van der Waals surface area contributed by atoms with Crippen LogP contribution in [0, 0.1) is 0 Å². The second kappa shape index (κ2) is 14.5. The van der Waals surface area contributed by atoms with Gasteiger partial charge in [0.25, 0.3) is 0 Å². The molecular weight excluding hydrogens is 360 g/mol. The van der Waals surface area contributed by atoms with Crippen molar-refractivity contribution < 1.29 is 9.53 Å². The van der Waals surface area contributed by atoms with E-state index in [1.807, 2.05) is 60.7 Å². The van der Waals surface area contributed by atoms with E-state index >= 15 is 0 Å². The van der Waals surface area contributed by atoms with E-state index < -0.39 is 0 Å². The van der Waals surface area contributed by atoms with Crippen LogP contribution in [0.2, 0.25) is 0 Å². The fourth-order valence-electron chi connectivity index (χ4n) is 1.87. The molecule has 1 saturated heterocycles. The highest BCUT2D eigenvalue weighted by molar-refractivity contribution is 7.99. The molecule has 146 valence electrons. The molecule has 5 N–H and O–H groups in total. The molecule has 0 bridgehead atoms. The molecule has 1 amide bonds. The van der Waals surface area contributed by atoms with Crippen molar-refractivity contribution in [3.05, 3.63) is 73.1 Å². The predicted molar refractivity (Wildman–Crippen MR) is 113 cm³/mol. The quantitative estimate of drug-likeness (QED) is 0.553. The molecule has 2 aromatic carbocycles. The summed E-state index contributed by atoms with van der Waals surface area (Å²) in [5.74, 6) is 8.77. The Hall–Kier alpha value is -2.64. The van der Waals surface area contributed by atoms with Crippen LogP contribution in [-0.4, -0.2) is 36.0 Å². The molecule has 3 rings (SSSR count). The monoisotopic (exact) mass is 388 g/mol. The second-order valence-electron chi connectivity index (χ2n) is 5.49. The Morgan fingerprint density at radius 2 is 1.63 bits per heavy atom. The summed E-state index contributed by atoms with van der Waals surface area (Å²) >= 11 is 1.71. The van der Waals surface area contributed by atoms with Gasteiger partial charge in [0.15, 0.2) is 0 Å². The molecule has 0 spiro atoms. The summed E-state index contributed by atoms with van der Waals surface area (Å²) in [5.41, 5.74) is 4.93. The molecule has 27 heavy (non-hydrogen) atoms. The van der Waals surface area contributed by atoms with E-state index in [2.05, 4.69) is 5.32 Å². The molecular formula is C20H28N4O2S. The van der Waals surface area contributed by atoms with Gasteiger partial charge in [-0.05, 0) is 36.4 Å². The van der Waals surface area contributed by atoms with Gasteiger partial charge < -0.3 is 20.8 Å². The summed E-state index contributed by atoms with van der Waals surface area (Å²) in [7, 11) is 1.70. The van der Waals surface area contributed by atoms with E-state index in [9.17, 15) is 4.79 Å². The first-order valence-corrected chi connectivity index (χ1v) is 9.75. The number of carbonyl (C=O) groups excluding carboxylic acids is 1. The van der Waals surface area contributed by atoms with Gasteiger partial charge in [-0.2, -0.15) is 11.8 Å². The van der Waals surface area contributed by atoms with Crippen LogP contribution in [0.25, 0.3) is 0 Å². The third-order valence-electron chi connectivity index (χ3n) is 3.06. The minimum atomic E-state index is 0.188. The maximum absolute atomic E-state index is 10.6. The first-order chi connectivity index (χ1) is 13.1. The average molecular weight is 389 g/mol. The summed E-state index contributed by atoms with van der Waals surface area (Å²) < 4.78 is 5.58. The fourth-order valence-corrected chi connectivity index (χ4v) is 2.65. The Kier molecular flexibility index (Phi) is 12.0. The number of nitrogens with zero attached hydrogens (tertiary/aromatic N) is 1. The summed E-state index contributed by atoms with van der Waals surface area (Å²) in [6.07, 6.45) is 4.05. The lowest BCUT2D eigenvalue weighted by Gasteiger charge is -2.03. The van der Waals surface area contributed by atoms with Gasteiger partial charge in [0.1, 0.15) is 11.5 Å². The smallest absolute Gasteiger partial charge is 0.229 e. The van der Waals surface area contributed by atoms with Gasteiger partial charge in [-0.15, -0.1) is 0 Å². The number of rotatable bonds is 3. The number of nitrogens with one attached hydrogen (secondary N) is 1. The normalized spacial score (nSPS) is 13.2. The summed E-state index contributed by atoms with van der Waals surface area (Å²) in [6.45, 7) is 0.867. The van der Waals surface area contributed by atoms with Crippen LogP contribution < -0.4 is 21.6 Å². The number of hydrogen-bond acceptors (Lipinski definition) is 6. The topological polar surface area (TPSA) is 93.6 Å². The molecule has 1 heterocycles. The zero-order chi connectivity index (χ0) is 19.7. The summed E-state index contributed by atoms with van der Waals surface area (Å²) in [4.78, 5) is 10.6. The van der Waals surface area contributed by atoms with Crippen molar-refractivity contribution in [3.63, 3.8) is 0 Å². The van der Waals surface area contributed by atoms with Crippen molar-refractivity contribution in [3.8, 4) is 11.5 Å². The van der Waals surface area contributed by atoms with Crippen molar-refractivity contribution in [2.75, 3.05) is 25.1 Å². The Labute approximate surface area is 165 Å². The third kappa shape index (κ3) is 12.4. The van der Waals surface area contributed by atoms with Crippen LogP contribution in [0.1, 0.15) is 6.42 Å². The van der Waals surface area contributed by atoms with Crippen LogP contribution in [0.4, 0.5) is 0 Å². The van der Waals surface area contributed by atoms with Gasteiger partial charge in [0.2, 0.25) is 5.91 Å². The zero-order valence-electron chi connectivity index (χ0n) is 15.6. The van der Waals surface area contributed by atoms with E-state index in [4.69, 9.17) is 16.3 Å². The molecule has 2 aromatic rings. The zero-order valence-corrected chi connectivity index (χ0v) is 16.4. The highest BCUT2D eigenvalue weighted by Crippen LogP contribution is 2.19. The van der Waals surface area contributed by atoms with Gasteiger partial charge in [-0.1, -0.05) is 36.4 Å². The van der Waals surface area contributed by atoms with Gasteiger partial charge in [0.05, 0.1) is 5.75 Å². The largest absolute Gasteiger partial charge is 0.457 e. The Balaban J connectivity index is 0.000000224. The van der Waals surface area contributed by atoms with Gasteiger partial charge >= 0.3 is 0 Å². The molecule has 0 aromatic heterocycles. The van der Waals surface area contributed by atoms with Gasteiger partial charge in [-0.25, -0.2) is 5.84 Å². The van der Waals surface area contributed by atoms with Crippen molar-refractivity contribution in [1.82, 2.24) is 10.3 Å². The Morgan fingerprint density at radius 1 is 1.07 bits per heavy atom. The molecule has 0 saturated carbocycles. The first kappa shape index (κ1) is 22.4. The lowest BCUT2D eigenvalue weighted by molar-refractivity contribution is -0.118. The average Bonchev–Trinajstić information content (AvgIpc) is 2.92. The number of nitrogens with two attached hydrogens (primary N) is 2. The van der Waals surface area contributed by atoms with E-state index in [-0.39, 0.29) is 5.91 Å². The minimum Gasteiger partial charge on any atom is -0.457 e. The van der Waals surface area contributed by atoms with Crippen LogP contribution >= 0.6 is 11.8 Å². The molecule has 1 aliphatic rings. The van der Waals surface area contributed by atoms with Gasteiger partial charge in [0, 0.05) is 26.0 Å².